The van der Waals surface area contributed by atoms with Crippen LogP contribution in [0.5, 0.6) is 0 Å². The molecule has 2 heterocycles. The number of nitrogens with two attached hydrogens (primary N) is 1. The average molecular weight is 218 g/mol. The zero-order chi connectivity index (χ0) is 11.5. The van der Waals surface area contributed by atoms with Crippen molar-refractivity contribution >= 4 is 17.3 Å². The van der Waals surface area contributed by atoms with E-state index < -0.39 is 0 Å². The molecule has 2 aromatic rings. The fourth-order valence-corrected chi connectivity index (χ4v) is 1.24. The largest absolute Gasteiger partial charge is 0.382 e. The van der Waals surface area contributed by atoms with Crippen molar-refractivity contribution in [3.8, 4) is 0 Å². The molecular weight excluding hydrogens is 204 g/mol. The van der Waals surface area contributed by atoms with Crippen LogP contribution in [0.3, 0.4) is 0 Å². The standard InChI is InChI=1S/C10H14N6/c1-7(2)16-6-8(3-14-16)15-10-5-12-9(11)4-13-10/h3-7H,1-2H3,(H2,11,12)(H,13,15). The van der Waals surface area contributed by atoms with Gasteiger partial charge in [-0.25, -0.2) is 9.97 Å². The van der Waals surface area contributed by atoms with Gasteiger partial charge in [-0.1, -0.05) is 0 Å². The second-order valence-electron chi connectivity index (χ2n) is 3.75. The number of hydrogen-bond acceptors (Lipinski definition) is 5. The summed E-state index contributed by atoms with van der Waals surface area (Å²) in [5.41, 5.74) is 6.33. The highest BCUT2D eigenvalue weighted by atomic mass is 15.3. The van der Waals surface area contributed by atoms with Crippen molar-refractivity contribution in [3.63, 3.8) is 0 Å². The van der Waals surface area contributed by atoms with Gasteiger partial charge in [-0.15, -0.1) is 0 Å². The van der Waals surface area contributed by atoms with Crippen LogP contribution in [0.2, 0.25) is 0 Å². The van der Waals surface area contributed by atoms with Crippen LogP contribution in [-0.2, 0) is 0 Å². The molecule has 2 aromatic heterocycles. The Morgan fingerprint density at radius 3 is 2.62 bits per heavy atom. The SMILES string of the molecule is CC(C)n1cc(Nc2cnc(N)cn2)cn1. The molecule has 0 saturated carbocycles. The molecule has 0 radical (unpaired) electrons. The zero-order valence-corrected chi connectivity index (χ0v) is 9.25. The molecule has 0 unspecified atom stereocenters. The van der Waals surface area contributed by atoms with Crippen molar-refractivity contribution < 1.29 is 0 Å². The van der Waals surface area contributed by atoms with E-state index in [0.717, 1.165) is 5.69 Å². The third kappa shape index (κ3) is 2.28. The Labute approximate surface area is 93.5 Å². The van der Waals surface area contributed by atoms with Crippen LogP contribution >= 0.6 is 0 Å². The zero-order valence-electron chi connectivity index (χ0n) is 9.25. The molecule has 6 heteroatoms. The molecule has 0 amide bonds. The van der Waals surface area contributed by atoms with Gasteiger partial charge >= 0.3 is 0 Å². The number of nitrogens with zero attached hydrogens (tertiary/aromatic N) is 4. The van der Waals surface area contributed by atoms with Gasteiger partial charge in [-0.2, -0.15) is 5.10 Å². The van der Waals surface area contributed by atoms with Crippen LogP contribution in [0.15, 0.2) is 24.8 Å². The first kappa shape index (κ1) is 10.4. The molecule has 84 valence electrons. The second kappa shape index (κ2) is 4.18. The smallest absolute Gasteiger partial charge is 0.149 e. The Balaban J connectivity index is 2.11. The highest BCUT2D eigenvalue weighted by molar-refractivity contribution is 5.53. The highest BCUT2D eigenvalue weighted by Crippen LogP contribution is 2.14. The summed E-state index contributed by atoms with van der Waals surface area (Å²) in [5, 5.41) is 7.30. The van der Waals surface area contributed by atoms with E-state index in [4.69, 9.17) is 5.73 Å². The minimum atomic E-state index is 0.341. The maximum Gasteiger partial charge on any atom is 0.149 e. The Morgan fingerprint density at radius 2 is 2.06 bits per heavy atom. The fourth-order valence-electron chi connectivity index (χ4n) is 1.24. The summed E-state index contributed by atoms with van der Waals surface area (Å²) in [6, 6.07) is 0.341. The Kier molecular flexibility index (Phi) is 2.72. The molecule has 0 bridgehead atoms. The van der Waals surface area contributed by atoms with Gasteiger partial charge in [0.05, 0.1) is 24.3 Å². The van der Waals surface area contributed by atoms with Crippen LogP contribution in [0.1, 0.15) is 19.9 Å². The van der Waals surface area contributed by atoms with Gasteiger partial charge in [0, 0.05) is 12.2 Å². The third-order valence-corrected chi connectivity index (χ3v) is 2.07. The Hall–Kier alpha value is -2.11. The normalized spacial score (nSPS) is 10.7. The van der Waals surface area contributed by atoms with E-state index >= 15 is 0 Å². The first-order valence-electron chi connectivity index (χ1n) is 5.04. The molecule has 0 atom stereocenters. The lowest BCUT2D eigenvalue weighted by Crippen LogP contribution is -2.00. The van der Waals surface area contributed by atoms with Crippen molar-refractivity contribution in [1.29, 1.82) is 0 Å². The van der Waals surface area contributed by atoms with E-state index in [0.29, 0.717) is 17.7 Å². The predicted octanol–water partition coefficient (Wildman–Crippen LogP) is 1.58. The topological polar surface area (TPSA) is 81.7 Å². The Morgan fingerprint density at radius 1 is 1.25 bits per heavy atom. The lowest BCUT2D eigenvalue weighted by molar-refractivity contribution is 0.532. The van der Waals surface area contributed by atoms with E-state index in [-0.39, 0.29) is 0 Å². The van der Waals surface area contributed by atoms with Gasteiger partial charge in [0.25, 0.3) is 0 Å². The van der Waals surface area contributed by atoms with Gasteiger partial charge in [-0.3, -0.25) is 4.68 Å². The van der Waals surface area contributed by atoms with Crippen molar-refractivity contribution in [2.75, 3.05) is 11.1 Å². The molecule has 3 N–H and O–H groups in total. The number of hydrogen-bond donors (Lipinski definition) is 2. The summed E-state index contributed by atoms with van der Waals surface area (Å²) >= 11 is 0. The van der Waals surface area contributed by atoms with Crippen LogP contribution in [0, 0.1) is 0 Å². The molecule has 0 spiro atoms. The summed E-state index contributed by atoms with van der Waals surface area (Å²) in [4.78, 5) is 8.03. The summed E-state index contributed by atoms with van der Waals surface area (Å²) < 4.78 is 1.87. The maximum absolute atomic E-state index is 5.45. The monoisotopic (exact) mass is 218 g/mol. The molecule has 0 aliphatic carbocycles. The van der Waals surface area contributed by atoms with Crippen molar-refractivity contribution in [1.82, 2.24) is 19.7 Å². The van der Waals surface area contributed by atoms with Crippen LogP contribution < -0.4 is 11.1 Å². The molecule has 0 saturated heterocycles. The first-order chi connectivity index (χ1) is 7.65. The lowest BCUT2D eigenvalue weighted by atomic mass is 10.4. The molecule has 16 heavy (non-hydrogen) atoms. The molecule has 0 aliphatic heterocycles. The quantitative estimate of drug-likeness (QED) is 0.817. The molecular formula is C10H14N6. The molecule has 0 aromatic carbocycles. The van der Waals surface area contributed by atoms with Gasteiger partial charge in [0.15, 0.2) is 0 Å². The van der Waals surface area contributed by atoms with Crippen LogP contribution in [0.4, 0.5) is 17.3 Å². The van der Waals surface area contributed by atoms with E-state index in [2.05, 4.69) is 34.2 Å². The molecule has 6 nitrogen and oxygen atoms in total. The summed E-state index contributed by atoms with van der Waals surface area (Å²) in [7, 11) is 0. The highest BCUT2D eigenvalue weighted by Gasteiger charge is 2.02. The van der Waals surface area contributed by atoms with Gasteiger partial charge in [-0.05, 0) is 13.8 Å². The van der Waals surface area contributed by atoms with Crippen molar-refractivity contribution in [3.05, 3.63) is 24.8 Å². The predicted molar refractivity (Wildman–Crippen MR) is 62.3 cm³/mol. The first-order valence-corrected chi connectivity index (χ1v) is 5.04. The minimum Gasteiger partial charge on any atom is -0.382 e. The Bertz CT molecular complexity index is 458. The molecule has 2 rings (SSSR count). The number of rotatable bonds is 3. The maximum atomic E-state index is 5.45. The van der Waals surface area contributed by atoms with E-state index in [1.807, 2.05) is 10.9 Å². The lowest BCUT2D eigenvalue weighted by Gasteiger charge is -2.04. The summed E-state index contributed by atoms with van der Waals surface area (Å²) in [5.74, 6) is 1.06. The summed E-state index contributed by atoms with van der Waals surface area (Å²) in [6.07, 6.45) is 6.76. The fraction of sp³-hybridized carbons (Fsp3) is 0.300. The van der Waals surface area contributed by atoms with E-state index in [9.17, 15) is 0 Å². The van der Waals surface area contributed by atoms with E-state index in [1.165, 1.54) is 6.20 Å². The van der Waals surface area contributed by atoms with Crippen LogP contribution in [-0.4, -0.2) is 19.7 Å². The molecule has 0 aliphatic rings. The number of nitrogens with one attached hydrogen (secondary N) is 1. The van der Waals surface area contributed by atoms with Gasteiger partial charge in [0.1, 0.15) is 11.6 Å². The van der Waals surface area contributed by atoms with Gasteiger partial charge < -0.3 is 11.1 Å². The van der Waals surface area contributed by atoms with Crippen molar-refractivity contribution in [2.45, 2.75) is 19.9 Å². The summed E-state index contributed by atoms with van der Waals surface area (Å²) in [6.45, 7) is 4.14. The third-order valence-electron chi connectivity index (χ3n) is 2.07. The number of nitrogen functional groups attached to an aromatic ring is 1. The number of anilines is 3. The van der Waals surface area contributed by atoms with Crippen LogP contribution in [0.25, 0.3) is 0 Å². The number of aromatic nitrogens is 4. The van der Waals surface area contributed by atoms with E-state index in [1.54, 1.807) is 12.4 Å². The molecule has 0 fully saturated rings. The second-order valence-corrected chi connectivity index (χ2v) is 3.75. The van der Waals surface area contributed by atoms with Crippen molar-refractivity contribution in [2.24, 2.45) is 0 Å². The average Bonchev–Trinajstić information content (AvgIpc) is 2.70. The minimum absolute atomic E-state index is 0.341. The van der Waals surface area contributed by atoms with Gasteiger partial charge in [0.2, 0.25) is 0 Å².